The Kier molecular flexibility index (Phi) is 4.28. The lowest BCUT2D eigenvalue weighted by molar-refractivity contribution is -0.156. The topological polar surface area (TPSA) is 43.8 Å². The van der Waals surface area contributed by atoms with Gasteiger partial charge in [-0.2, -0.15) is 0 Å². The minimum absolute atomic E-state index is 0.435. The maximum absolute atomic E-state index is 11.3. The van der Waals surface area contributed by atoms with Crippen LogP contribution in [0.1, 0.15) is 32.1 Å². The molecule has 1 atom stereocenters. The average Bonchev–Trinajstić information content (AvgIpc) is 2.23. The van der Waals surface area contributed by atoms with Crippen molar-refractivity contribution in [2.45, 2.75) is 32.1 Å². The highest BCUT2D eigenvalue weighted by molar-refractivity contribution is 5.76. The summed E-state index contributed by atoms with van der Waals surface area (Å²) in [6, 6.07) is 0. The third kappa shape index (κ3) is 3.04. The molecule has 0 aromatic rings. The molecule has 1 heterocycles. The molecule has 4 heteroatoms. The first-order valence-corrected chi connectivity index (χ1v) is 7.12. The first kappa shape index (κ1) is 13.8. The molecule has 0 bridgehead atoms. The lowest BCUT2D eigenvalue weighted by Crippen LogP contribution is -2.48. The monoisotopic (exact) mass is 254 g/mol. The first-order chi connectivity index (χ1) is 8.52. The van der Waals surface area contributed by atoms with Gasteiger partial charge in [0.1, 0.15) is 0 Å². The van der Waals surface area contributed by atoms with E-state index < -0.39 is 11.4 Å². The SMILES string of the molecule is CN1CCCC(CN(C)CC2(C(=O)O)CCC2)C1. The van der Waals surface area contributed by atoms with E-state index in [0.717, 1.165) is 38.9 Å². The molecule has 2 rings (SSSR count). The third-order valence-corrected chi connectivity index (χ3v) is 4.63. The number of carbonyl (C=O) groups is 1. The summed E-state index contributed by atoms with van der Waals surface area (Å²) in [5.74, 6) is 0.112. The summed E-state index contributed by atoms with van der Waals surface area (Å²) in [5, 5.41) is 9.35. The van der Waals surface area contributed by atoms with Gasteiger partial charge in [-0.3, -0.25) is 4.79 Å². The highest BCUT2D eigenvalue weighted by atomic mass is 16.4. The number of carboxylic acids is 1. The summed E-state index contributed by atoms with van der Waals surface area (Å²) in [5.41, 5.74) is -0.435. The van der Waals surface area contributed by atoms with E-state index in [1.165, 1.54) is 19.4 Å². The molecule has 1 saturated carbocycles. The largest absolute Gasteiger partial charge is 0.481 e. The Hall–Kier alpha value is -0.610. The molecule has 2 aliphatic rings. The molecule has 1 saturated heterocycles. The van der Waals surface area contributed by atoms with Gasteiger partial charge >= 0.3 is 5.97 Å². The van der Waals surface area contributed by atoms with Crippen molar-refractivity contribution in [3.8, 4) is 0 Å². The second-order valence-corrected chi connectivity index (χ2v) is 6.41. The van der Waals surface area contributed by atoms with Crippen molar-refractivity contribution in [1.29, 1.82) is 0 Å². The third-order valence-electron chi connectivity index (χ3n) is 4.63. The van der Waals surface area contributed by atoms with Gasteiger partial charge in [0, 0.05) is 19.6 Å². The van der Waals surface area contributed by atoms with Crippen LogP contribution in [0.15, 0.2) is 0 Å². The Morgan fingerprint density at radius 1 is 1.44 bits per heavy atom. The van der Waals surface area contributed by atoms with Crippen LogP contribution in [0, 0.1) is 11.3 Å². The number of hydrogen-bond donors (Lipinski definition) is 1. The minimum atomic E-state index is -0.596. The maximum Gasteiger partial charge on any atom is 0.310 e. The molecule has 0 spiro atoms. The van der Waals surface area contributed by atoms with Crippen molar-refractivity contribution in [1.82, 2.24) is 9.80 Å². The Bertz CT molecular complexity index is 302. The van der Waals surface area contributed by atoms with E-state index in [4.69, 9.17) is 0 Å². The zero-order chi connectivity index (χ0) is 13.2. The van der Waals surface area contributed by atoms with Gasteiger partial charge in [-0.1, -0.05) is 6.42 Å². The summed E-state index contributed by atoms with van der Waals surface area (Å²) >= 11 is 0. The van der Waals surface area contributed by atoms with E-state index in [0.29, 0.717) is 5.92 Å². The highest BCUT2D eigenvalue weighted by Gasteiger charge is 2.45. The van der Waals surface area contributed by atoms with Crippen molar-refractivity contribution < 1.29 is 9.90 Å². The van der Waals surface area contributed by atoms with E-state index in [-0.39, 0.29) is 0 Å². The van der Waals surface area contributed by atoms with E-state index >= 15 is 0 Å². The van der Waals surface area contributed by atoms with Crippen LogP contribution in [0.2, 0.25) is 0 Å². The molecule has 1 aliphatic heterocycles. The molecule has 104 valence electrons. The average molecular weight is 254 g/mol. The second kappa shape index (κ2) is 5.57. The van der Waals surface area contributed by atoms with E-state index in [1.807, 2.05) is 0 Å². The Labute approximate surface area is 110 Å². The maximum atomic E-state index is 11.3. The van der Waals surface area contributed by atoms with Gasteiger partial charge in [-0.25, -0.2) is 0 Å². The second-order valence-electron chi connectivity index (χ2n) is 6.41. The van der Waals surface area contributed by atoms with E-state index in [1.54, 1.807) is 0 Å². The number of hydrogen-bond acceptors (Lipinski definition) is 3. The Balaban J connectivity index is 1.81. The van der Waals surface area contributed by atoms with Gasteiger partial charge in [0.2, 0.25) is 0 Å². The zero-order valence-electron chi connectivity index (χ0n) is 11.7. The lowest BCUT2D eigenvalue weighted by atomic mass is 9.68. The van der Waals surface area contributed by atoms with Gasteiger partial charge in [0.05, 0.1) is 5.41 Å². The van der Waals surface area contributed by atoms with E-state index in [9.17, 15) is 9.90 Å². The fourth-order valence-electron chi connectivity index (χ4n) is 3.49. The molecule has 0 aromatic carbocycles. The normalized spacial score (nSPS) is 28.1. The fourth-order valence-corrected chi connectivity index (χ4v) is 3.49. The standard InChI is InChI=1S/C14H26N2O2/c1-15-8-3-5-12(9-15)10-16(2)11-14(13(17)18)6-4-7-14/h12H,3-11H2,1-2H3,(H,17,18). The predicted octanol–water partition coefficient (Wildman–Crippen LogP) is 1.51. The van der Waals surface area contributed by atoms with Gasteiger partial charge in [0.25, 0.3) is 0 Å². The molecular formula is C14H26N2O2. The zero-order valence-corrected chi connectivity index (χ0v) is 11.7. The molecule has 1 N–H and O–H groups in total. The van der Waals surface area contributed by atoms with Crippen LogP contribution < -0.4 is 0 Å². The number of aliphatic carboxylic acids is 1. The van der Waals surface area contributed by atoms with Crippen LogP contribution in [0.4, 0.5) is 0 Å². The van der Waals surface area contributed by atoms with Crippen molar-refractivity contribution in [3.63, 3.8) is 0 Å². The van der Waals surface area contributed by atoms with Crippen LogP contribution in [0.5, 0.6) is 0 Å². The van der Waals surface area contributed by atoms with Crippen molar-refractivity contribution in [2.75, 3.05) is 40.3 Å². The number of piperidine rings is 1. The van der Waals surface area contributed by atoms with Gasteiger partial charge in [-0.05, 0) is 52.2 Å². The number of rotatable bonds is 5. The number of likely N-dealkylation sites (tertiary alicyclic amines) is 1. The smallest absolute Gasteiger partial charge is 0.310 e. The minimum Gasteiger partial charge on any atom is -0.481 e. The molecule has 1 aliphatic carbocycles. The summed E-state index contributed by atoms with van der Waals surface area (Å²) < 4.78 is 0. The van der Waals surface area contributed by atoms with Crippen molar-refractivity contribution in [3.05, 3.63) is 0 Å². The molecule has 2 fully saturated rings. The van der Waals surface area contributed by atoms with Crippen LogP contribution >= 0.6 is 0 Å². The fraction of sp³-hybridized carbons (Fsp3) is 0.929. The quantitative estimate of drug-likeness (QED) is 0.808. The Morgan fingerprint density at radius 2 is 2.17 bits per heavy atom. The number of carboxylic acid groups (broad SMARTS) is 1. The van der Waals surface area contributed by atoms with Gasteiger partial charge in [-0.15, -0.1) is 0 Å². The lowest BCUT2D eigenvalue weighted by Gasteiger charge is -2.41. The molecule has 0 amide bonds. The highest BCUT2D eigenvalue weighted by Crippen LogP contribution is 2.41. The van der Waals surface area contributed by atoms with Crippen LogP contribution in [0.3, 0.4) is 0 Å². The van der Waals surface area contributed by atoms with Crippen molar-refractivity contribution >= 4 is 5.97 Å². The van der Waals surface area contributed by atoms with Crippen molar-refractivity contribution in [2.24, 2.45) is 11.3 Å². The van der Waals surface area contributed by atoms with Crippen LogP contribution in [-0.2, 0) is 4.79 Å². The van der Waals surface area contributed by atoms with E-state index in [2.05, 4.69) is 23.9 Å². The summed E-state index contributed by atoms with van der Waals surface area (Å²) in [6.45, 7) is 4.13. The summed E-state index contributed by atoms with van der Waals surface area (Å²) in [4.78, 5) is 16.0. The van der Waals surface area contributed by atoms with Gasteiger partial charge in [0.15, 0.2) is 0 Å². The first-order valence-electron chi connectivity index (χ1n) is 7.12. The van der Waals surface area contributed by atoms with Gasteiger partial charge < -0.3 is 14.9 Å². The van der Waals surface area contributed by atoms with Crippen LogP contribution in [0.25, 0.3) is 0 Å². The molecular weight excluding hydrogens is 228 g/mol. The molecule has 1 unspecified atom stereocenters. The molecule has 0 radical (unpaired) electrons. The van der Waals surface area contributed by atoms with Crippen LogP contribution in [-0.4, -0.2) is 61.2 Å². The summed E-state index contributed by atoms with van der Waals surface area (Å²) in [7, 11) is 4.26. The Morgan fingerprint density at radius 3 is 2.67 bits per heavy atom. The molecule has 18 heavy (non-hydrogen) atoms. The number of nitrogens with zero attached hydrogens (tertiary/aromatic N) is 2. The summed E-state index contributed by atoms with van der Waals surface area (Å²) in [6.07, 6.45) is 5.36. The molecule has 0 aromatic heterocycles. The predicted molar refractivity (Wildman–Crippen MR) is 71.6 cm³/mol. The molecule has 4 nitrogen and oxygen atoms in total.